The van der Waals surface area contributed by atoms with Crippen LogP contribution < -0.4 is 10.2 Å². The normalized spacial score (nSPS) is 16.6. The number of halogens is 1. The first-order valence-electron chi connectivity index (χ1n) is 8.41. The zero-order valence-electron chi connectivity index (χ0n) is 14.9. The van der Waals surface area contributed by atoms with E-state index in [4.69, 9.17) is 26.2 Å². The Morgan fingerprint density at radius 1 is 1.30 bits per heavy atom. The van der Waals surface area contributed by atoms with Crippen LogP contribution in [-0.2, 0) is 4.84 Å². The molecule has 1 unspecified atom stereocenters. The van der Waals surface area contributed by atoms with E-state index in [2.05, 4.69) is 15.4 Å². The van der Waals surface area contributed by atoms with Gasteiger partial charge in [0.2, 0.25) is 5.88 Å². The molecule has 0 amide bonds. The summed E-state index contributed by atoms with van der Waals surface area (Å²) in [6.45, 7) is 2.34. The van der Waals surface area contributed by atoms with Crippen molar-refractivity contribution in [3.63, 3.8) is 0 Å². The van der Waals surface area contributed by atoms with E-state index in [-0.39, 0.29) is 6.04 Å². The maximum absolute atomic E-state index is 6.09. The van der Waals surface area contributed by atoms with Gasteiger partial charge in [0.25, 0.3) is 0 Å². The molecule has 27 heavy (non-hydrogen) atoms. The lowest BCUT2D eigenvalue weighted by atomic mass is 10.1. The Bertz CT molecular complexity index is 1000. The Morgan fingerprint density at radius 3 is 2.93 bits per heavy atom. The minimum absolute atomic E-state index is 0.163. The van der Waals surface area contributed by atoms with Gasteiger partial charge in [-0.25, -0.2) is 15.4 Å². The van der Waals surface area contributed by atoms with Crippen LogP contribution in [0, 0.1) is 6.92 Å². The van der Waals surface area contributed by atoms with E-state index in [0.29, 0.717) is 29.0 Å². The van der Waals surface area contributed by atoms with Gasteiger partial charge in [-0.1, -0.05) is 23.7 Å². The number of methoxy groups -OCH3 is 1. The van der Waals surface area contributed by atoms with Crippen molar-refractivity contribution in [2.45, 2.75) is 13.0 Å². The second-order valence-corrected chi connectivity index (χ2v) is 6.55. The predicted molar refractivity (Wildman–Crippen MR) is 102 cm³/mol. The number of aliphatic imine (C=N–C) groups is 1. The molecule has 0 saturated heterocycles. The zero-order valence-corrected chi connectivity index (χ0v) is 15.6. The van der Waals surface area contributed by atoms with Crippen molar-refractivity contribution in [3.8, 4) is 11.6 Å². The van der Waals surface area contributed by atoms with E-state index >= 15 is 0 Å². The summed E-state index contributed by atoms with van der Waals surface area (Å²) in [5, 5.41) is 0.669. The summed E-state index contributed by atoms with van der Waals surface area (Å²) in [4.78, 5) is 19.1. The number of amidine groups is 1. The summed E-state index contributed by atoms with van der Waals surface area (Å²) in [5.74, 6) is 1.01. The first kappa shape index (κ1) is 17.5. The lowest BCUT2D eigenvalue weighted by Gasteiger charge is -2.22. The number of imidazole rings is 1. The number of nitrogens with one attached hydrogen (secondary N) is 1. The van der Waals surface area contributed by atoms with Crippen LogP contribution in [-0.4, -0.2) is 34.1 Å². The lowest BCUT2D eigenvalue weighted by Crippen LogP contribution is -2.33. The van der Waals surface area contributed by atoms with E-state index in [9.17, 15) is 0 Å². The molecule has 0 radical (unpaired) electrons. The first-order chi connectivity index (χ1) is 13.1. The van der Waals surface area contributed by atoms with Crippen LogP contribution in [0.15, 0.2) is 53.9 Å². The standard InChI is InChI=1S/C19H18ClN5O2/c1-12-9-25(11-21-12)17-7-6-15(23-19(17)26-2)18-22-16(10-27-24-18)13-4-3-5-14(20)8-13/h3-9,11,16H,10H2,1-2H3,(H,22,24). The molecule has 3 heterocycles. The van der Waals surface area contributed by atoms with Crippen molar-refractivity contribution in [2.75, 3.05) is 13.7 Å². The van der Waals surface area contributed by atoms with Gasteiger partial charge in [0.05, 0.1) is 19.1 Å². The van der Waals surface area contributed by atoms with Crippen LogP contribution in [0.2, 0.25) is 5.02 Å². The van der Waals surface area contributed by atoms with E-state index < -0.39 is 0 Å². The number of pyridine rings is 1. The zero-order chi connectivity index (χ0) is 18.8. The number of rotatable bonds is 4. The van der Waals surface area contributed by atoms with Crippen LogP contribution >= 0.6 is 11.6 Å². The summed E-state index contributed by atoms with van der Waals surface area (Å²) in [6, 6.07) is 11.2. The van der Waals surface area contributed by atoms with Crippen molar-refractivity contribution in [1.82, 2.24) is 20.0 Å². The highest BCUT2D eigenvalue weighted by molar-refractivity contribution is 6.30. The molecular weight excluding hydrogens is 366 g/mol. The third kappa shape index (κ3) is 3.65. The fraction of sp³-hybridized carbons (Fsp3) is 0.211. The molecule has 8 heteroatoms. The van der Waals surface area contributed by atoms with Gasteiger partial charge in [-0.2, -0.15) is 0 Å². The minimum Gasteiger partial charge on any atom is -0.479 e. The first-order valence-corrected chi connectivity index (χ1v) is 8.79. The summed E-state index contributed by atoms with van der Waals surface area (Å²) in [7, 11) is 1.58. The van der Waals surface area contributed by atoms with Crippen molar-refractivity contribution in [2.24, 2.45) is 4.99 Å². The molecule has 0 fully saturated rings. The second-order valence-electron chi connectivity index (χ2n) is 6.11. The molecule has 138 valence electrons. The summed E-state index contributed by atoms with van der Waals surface area (Å²) in [6.07, 6.45) is 3.64. The molecule has 0 spiro atoms. The predicted octanol–water partition coefficient (Wildman–Crippen LogP) is 3.26. The van der Waals surface area contributed by atoms with Gasteiger partial charge in [0, 0.05) is 11.2 Å². The fourth-order valence-electron chi connectivity index (χ4n) is 2.88. The topological polar surface area (TPSA) is 73.6 Å². The van der Waals surface area contributed by atoms with Gasteiger partial charge in [-0.15, -0.1) is 0 Å². The van der Waals surface area contributed by atoms with Crippen LogP contribution in [0.5, 0.6) is 5.88 Å². The van der Waals surface area contributed by atoms with Gasteiger partial charge >= 0.3 is 0 Å². The van der Waals surface area contributed by atoms with Gasteiger partial charge in [-0.3, -0.25) is 9.83 Å². The second kappa shape index (κ2) is 7.38. The van der Waals surface area contributed by atoms with Crippen molar-refractivity contribution in [3.05, 3.63) is 70.9 Å². The fourth-order valence-corrected chi connectivity index (χ4v) is 3.07. The third-order valence-electron chi connectivity index (χ3n) is 4.19. The smallest absolute Gasteiger partial charge is 0.238 e. The number of benzene rings is 1. The van der Waals surface area contributed by atoms with Gasteiger partial charge in [0.1, 0.15) is 24.0 Å². The van der Waals surface area contributed by atoms with Crippen LogP contribution in [0.1, 0.15) is 23.0 Å². The molecule has 1 aliphatic rings. The lowest BCUT2D eigenvalue weighted by molar-refractivity contribution is 0.0620. The van der Waals surface area contributed by atoms with Crippen LogP contribution in [0.25, 0.3) is 5.69 Å². The number of hydroxylamine groups is 1. The maximum Gasteiger partial charge on any atom is 0.238 e. The van der Waals surface area contributed by atoms with Gasteiger partial charge in [0.15, 0.2) is 5.84 Å². The number of hydrogen-bond acceptors (Lipinski definition) is 6. The number of ether oxygens (including phenoxy) is 1. The molecule has 0 aliphatic carbocycles. The molecule has 1 aliphatic heterocycles. The largest absolute Gasteiger partial charge is 0.479 e. The SMILES string of the molecule is COc1nc(C2=NC(c3cccc(Cl)c3)CON2)ccc1-n1cnc(C)c1. The Morgan fingerprint density at radius 2 is 2.19 bits per heavy atom. The molecule has 1 N–H and O–H groups in total. The van der Waals surface area contributed by atoms with E-state index in [1.54, 1.807) is 13.4 Å². The molecule has 1 aromatic carbocycles. The highest BCUT2D eigenvalue weighted by Crippen LogP contribution is 2.25. The average Bonchev–Trinajstić information content (AvgIpc) is 3.13. The maximum atomic E-state index is 6.09. The summed E-state index contributed by atoms with van der Waals surface area (Å²) in [5.41, 5.74) is 6.16. The van der Waals surface area contributed by atoms with Crippen LogP contribution in [0.3, 0.4) is 0 Å². The Hall–Kier alpha value is -2.90. The molecule has 0 saturated carbocycles. The number of aromatic nitrogens is 3. The highest BCUT2D eigenvalue weighted by atomic mass is 35.5. The minimum atomic E-state index is -0.163. The van der Waals surface area contributed by atoms with Crippen molar-refractivity contribution >= 4 is 17.4 Å². The Balaban J connectivity index is 1.68. The monoisotopic (exact) mass is 383 g/mol. The van der Waals surface area contributed by atoms with E-state index in [0.717, 1.165) is 16.9 Å². The molecule has 0 bridgehead atoms. The number of hydrogen-bond donors (Lipinski definition) is 1. The van der Waals surface area contributed by atoms with Gasteiger partial charge < -0.3 is 9.30 Å². The quantitative estimate of drug-likeness (QED) is 0.748. The van der Waals surface area contributed by atoms with E-state index in [1.807, 2.05) is 54.1 Å². The average molecular weight is 384 g/mol. The van der Waals surface area contributed by atoms with Gasteiger partial charge in [-0.05, 0) is 36.8 Å². The van der Waals surface area contributed by atoms with E-state index in [1.165, 1.54) is 0 Å². The summed E-state index contributed by atoms with van der Waals surface area (Å²) >= 11 is 6.09. The molecule has 4 rings (SSSR count). The number of nitrogens with zero attached hydrogens (tertiary/aromatic N) is 4. The molecule has 2 aromatic heterocycles. The van der Waals surface area contributed by atoms with Crippen molar-refractivity contribution in [1.29, 1.82) is 0 Å². The van der Waals surface area contributed by atoms with Crippen molar-refractivity contribution < 1.29 is 9.57 Å². The number of aryl methyl sites for hydroxylation is 1. The van der Waals surface area contributed by atoms with Crippen LogP contribution in [0.4, 0.5) is 0 Å². The molecular formula is C19H18ClN5O2. The Labute approximate surface area is 161 Å². The molecule has 3 aromatic rings. The Kier molecular flexibility index (Phi) is 4.79. The third-order valence-corrected chi connectivity index (χ3v) is 4.43. The molecule has 7 nitrogen and oxygen atoms in total. The highest BCUT2D eigenvalue weighted by Gasteiger charge is 2.20. The molecule has 1 atom stereocenters. The summed E-state index contributed by atoms with van der Waals surface area (Å²) < 4.78 is 7.33.